The van der Waals surface area contributed by atoms with Crippen LogP contribution >= 0.6 is 0 Å². The van der Waals surface area contributed by atoms with Crippen LogP contribution in [0, 0.1) is 0 Å². The van der Waals surface area contributed by atoms with Gasteiger partial charge >= 0.3 is 0 Å². The summed E-state index contributed by atoms with van der Waals surface area (Å²) in [7, 11) is 3.16. The molecule has 0 aliphatic rings. The van der Waals surface area contributed by atoms with E-state index in [4.69, 9.17) is 9.47 Å². The summed E-state index contributed by atoms with van der Waals surface area (Å²) in [6.45, 7) is 1.94. The molecule has 0 aliphatic heterocycles. The van der Waals surface area contributed by atoms with E-state index in [2.05, 4.69) is 15.3 Å². The molecule has 0 amide bonds. The summed E-state index contributed by atoms with van der Waals surface area (Å²) in [5.41, 5.74) is 1.20. The number of nitrogens with zero attached hydrogens (tertiary/aromatic N) is 1. The molecule has 0 atom stereocenters. The first-order valence-electron chi connectivity index (χ1n) is 6.25. The lowest BCUT2D eigenvalue weighted by Crippen LogP contribution is -2.12. The maximum Gasteiger partial charge on any atom is 0.252 e. The van der Waals surface area contributed by atoms with Crippen molar-refractivity contribution in [2.75, 3.05) is 19.5 Å². The van der Waals surface area contributed by atoms with E-state index in [1.165, 1.54) is 6.07 Å². The van der Waals surface area contributed by atoms with E-state index in [1.54, 1.807) is 32.4 Å². The normalized spacial score (nSPS) is 10.2. The van der Waals surface area contributed by atoms with Crippen molar-refractivity contribution in [2.24, 2.45) is 0 Å². The topological polar surface area (TPSA) is 76.2 Å². The molecule has 0 radical (unpaired) electrons. The van der Waals surface area contributed by atoms with E-state index in [9.17, 15) is 4.79 Å². The van der Waals surface area contributed by atoms with Crippen LogP contribution in [0.3, 0.4) is 0 Å². The second-order valence-electron chi connectivity index (χ2n) is 4.13. The Hall–Kier alpha value is -2.50. The number of hydrogen-bond acceptors (Lipinski definition) is 5. The Labute approximate surface area is 116 Å². The van der Waals surface area contributed by atoms with Gasteiger partial charge in [-0.2, -0.15) is 0 Å². The summed E-state index contributed by atoms with van der Waals surface area (Å²) in [5, 5.41) is 3.04. The lowest BCUT2D eigenvalue weighted by atomic mass is 10.2. The molecule has 0 fully saturated rings. The molecule has 1 heterocycles. The molecular weight excluding hydrogens is 258 g/mol. The minimum absolute atomic E-state index is 0.193. The monoisotopic (exact) mass is 275 g/mol. The Balaban J connectivity index is 2.38. The van der Waals surface area contributed by atoms with Crippen LogP contribution in [0.25, 0.3) is 0 Å². The predicted molar refractivity (Wildman–Crippen MR) is 77.1 cm³/mol. The summed E-state index contributed by atoms with van der Waals surface area (Å²) in [6, 6.07) is 6.83. The highest BCUT2D eigenvalue weighted by Crippen LogP contribution is 2.30. The third-order valence-electron chi connectivity index (χ3n) is 2.82. The predicted octanol–water partition coefficient (Wildman–Crippen LogP) is 2.09. The van der Waals surface area contributed by atoms with E-state index in [0.717, 1.165) is 5.69 Å². The highest BCUT2D eigenvalue weighted by Gasteiger charge is 2.07. The molecule has 0 saturated carbocycles. The van der Waals surface area contributed by atoms with Crippen molar-refractivity contribution in [3.05, 3.63) is 40.3 Å². The Morgan fingerprint density at radius 1 is 1.25 bits per heavy atom. The summed E-state index contributed by atoms with van der Waals surface area (Å²) in [6.07, 6.45) is 0.688. The average Bonchev–Trinajstić information content (AvgIpc) is 2.46. The van der Waals surface area contributed by atoms with Crippen LogP contribution < -0.4 is 20.3 Å². The maximum absolute atomic E-state index is 11.5. The van der Waals surface area contributed by atoms with Gasteiger partial charge in [0.05, 0.1) is 19.9 Å². The SMILES string of the molecule is CCc1cc(=O)[nH]c(Nc2cc(OC)ccc2OC)n1. The zero-order valence-corrected chi connectivity index (χ0v) is 11.7. The number of aromatic amines is 1. The number of methoxy groups -OCH3 is 2. The smallest absolute Gasteiger partial charge is 0.252 e. The Morgan fingerprint density at radius 2 is 2.05 bits per heavy atom. The first-order chi connectivity index (χ1) is 9.66. The maximum atomic E-state index is 11.5. The third-order valence-corrected chi connectivity index (χ3v) is 2.82. The number of aromatic nitrogens is 2. The van der Waals surface area contributed by atoms with Crippen molar-refractivity contribution >= 4 is 11.6 Å². The molecule has 6 heteroatoms. The van der Waals surface area contributed by atoms with Gasteiger partial charge in [-0.25, -0.2) is 4.98 Å². The van der Waals surface area contributed by atoms with E-state index in [1.807, 2.05) is 6.92 Å². The van der Waals surface area contributed by atoms with Crippen LogP contribution in [0.5, 0.6) is 11.5 Å². The zero-order valence-electron chi connectivity index (χ0n) is 11.7. The molecule has 106 valence electrons. The van der Waals surface area contributed by atoms with Gasteiger partial charge in [-0.1, -0.05) is 6.92 Å². The van der Waals surface area contributed by atoms with Gasteiger partial charge in [-0.05, 0) is 18.6 Å². The van der Waals surface area contributed by atoms with E-state index in [-0.39, 0.29) is 5.56 Å². The molecular formula is C14H17N3O3. The number of benzene rings is 1. The van der Waals surface area contributed by atoms with Gasteiger partial charge in [-0.3, -0.25) is 9.78 Å². The third kappa shape index (κ3) is 3.09. The first-order valence-corrected chi connectivity index (χ1v) is 6.25. The number of rotatable bonds is 5. The van der Waals surface area contributed by atoms with Crippen molar-refractivity contribution < 1.29 is 9.47 Å². The Kier molecular flexibility index (Phi) is 4.24. The molecule has 1 aromatic carbocycles. The largest absolute Gasteiger partial charge is 0.497 e. The lowest BCUT2D eigenvalue weighted by molar-refractivity contribution is 0.405. The van der Waals surface area contributed by atoms with Crippen molar-refractivity contribution in [3.8, 4) is 11.5 Å². The van der Waals surface area contributed by atoms with Crippen molar-refractivity contribution in [1.82, 2.24) is 9.97 Å². The first kappa shape index (κ1) is 13.9. The lowest BCUT2D eigenvalue weighted by Gasteiger charge is -2.12. The van der Waals surface area contributed by atoms with Gasteiger partial charge in [0.2, 0.25) is 5.95 Å². The molecule has 0 bridgehead atoms. The Bertz CT molecular complexity index is 652. The van der Waals surface area contributed by atoms with Gasteiger partial charge < -0.3 is 14.8 Å². The molecule has 2 rings (SSSR count). The summed E-state index contributed by atoms with van der Waals surface area (Å²) >= 11 is 0. The highest BCUT2D eigenvalue weighted by molar-refractivity contribution is 5.64. The van der Waals surface area contributed by atoms with E-state index in [0.29, 0.717) is 29.6 Å². The van der Waals surface area contributed by atoms with Gasteiger partial charge in [0.15, 0.2) is 0 Å². The van der Waals surface area contributed by atoms with Crippen LogP contribution in [0.2, 0.25) is 0 Å². The van der Waals surface area contributed by atoms with Crippen LogP contribution in [-0.4, -0.2) is 24.2 Å². The zero-order chi connectivity index (χ0) is 14.5. The fourth-order valence-corrected chi connectivity index (χ4v) is 1.79. The number of H-pyrrole nitrogens is 1. The van der Waals surface area contributed by atoms with E-state index >= 15 is 0 Å². The van der Waals surface area contributed by atoms with Gasteiger partial charge in [0, 0.05) is 17.8 Å². The van der Waals surface area contributed by atoms with Crippen molar-refractivity contribution in [3.63, 3.8) is 0 Å². The highest BCUT2D eigenvalue weighted by atomic mass is 16.5. The summed E-state index contributed by atoms with van der Waals surface area (Å²) in [4.78, 5) is 18.5. The van der Waals surface area contributed by atoms with Crippen molar-refractivity contribution in [1.29, 1.82) is 0 Å². The molecule has 20 heavy (non-hydrogen) atoms. The molecule has 2 aromatic rings. The van der Waals surface area contributed by atoms with Gasteiger partial charge in [0.1, 0.15) is 11.5 Å². The fraction of sp³-hybridized carbons (Fsp3) is 0.286. The quantitative estimate of drug-likeness (QED) is 0.873. The number of anilines is 2. The second kappa shape index (κ2) is 6.10. The molecule has 0 unspecified atom stereocenters. The van der Waals surface area contributed by atoms with E-state index < -0.39 is 0 Å². The second-order valence-corrected chi connectivity index (χ2v) is 4.13. The van der Waals surface area contributed by atoms with Crippen molar-refractivity contribution in [2.45, 2.75) is 13.3 Å². The number of nitrogens with one attached hydrogen (secondary N) is 2. The average molecular weight is 275 g/mol. The molecule has 2 N–H and O–H groups in total. The minimum Gasteiger partial charge on any atom is -0.497 e. The molecule has 6 nitrogen and oxygen atoms in total. The Morgan fingerprint density at radius 3 is 2.70 bits per heavy atom. The van der Waals surface area contributed by atoms with Crippen LogP contribution in [0.4, 0.5) is 11.6 Å². The van der Waals surface area contributed by atoms with Crippen LogP contribution in [0.15, 0.2) is 29.1 Å². The van der Waals surface area contributed by atoms with Crippen LogP contribution in [0.1, 0.15) is 12.6 Å². The van der Waals surface area contributed by atoms with Crippen LogP contribution in [-0.2, 0) is 6.42 Å². The molecule has 0 saturated heterocycles. The summed E-state index contributed by atoms with van der Waals surface area (Å²) < 4.78 is 10.4. The van der Waals surface area contributed by atoms with Gasteiger partial charge in [0.25, 0.3) is 5.56 Å². The fourth-order valence-electron chi connectivity index (χ4n) is 1.79. The van der Waals surface area contributed by atoms with Gasteiger partial charge in [-0.15, -0.1) is 0 Å². The molecule has 0 spiro atoms. The number of hydrogen-bond donors (Lipinski definition) is 2. The standard InChI is InChI=1S/C14H17N3O3/c1-4-9-7-13(18)17-14(15-9)16-11-8-10(19-2)5-6-12(11)20-3/h5-8H,4H2,1-3H3,(H2,15,16,17,18). The summed E-state index contributed by atoms with van der Waals surface area (Å²) in [5.74, 6) is 1.69. The number of aryl methyl sites for hydroxylation is 1. The minimum atomic E-state index is -0.193. The molecule has 1 aromatic heterocycles. The number of ether oxygens (including phenoxy) is 2. The molecule has 0 aliphatic carbocycles.